The molecule has 0 spiro atoms. The predicted octanol–water partition coefficient (Wildman–Crippen LogP) is 1.96. The lowest BCUT2D eigenvalue weighted by Crippen LogP contribution is -2.43. The van der Waals surface area contributed by atoms with Crippen molar-refractivity contribution >= 4 is 18.3 Å². The first-order chi connectivity index (χ1) is 7.85. The molecule has 1 amide bonds. The molecule has 1 saturated heterocycles. The third kappa shape index (κ3) is 3.32. The van der Waals surface area contributed by atoms with Crippen LogP contribution < -0.4 is 10.6 Å². The smallest absolute Gasteiger partial charge is 0.262 e. The van der Waals surface area contributed by atoms with Crippen LogP contribution in [0.5, 0.6) is 0 Å². The number of nitrogens with one attached hydrogen (secondary N) is 2. The quantitative estimate of drug-likeness (QED) is 0.828. The van der Waals surface area contributed by atoms with Gasteiger partial charge in [0.1, 0.15) is 0 Å². The maximum Gasteiger partial charge on any atom is 0.262 e. The van der Waals surface area contributed by atoms with Crippen LogP contribution in [0.25, 0.3) is 0 Å². The van der Waals surface area contributed by atoms with E-state index in [2.05, 4.69) is 24.5 Å². The van der Waals surface area contributed by atoms with Crippen molar-refractivity contribution in [3.63, 3.8) is 0 Å². The van der Waals surface area contributed by atoms with E-state index in [-0.39, 0.29) is 36.7 Å². The van der Waals surface area contributed by atoms with E-state index in [0.29, 0.717) is 12.5 Å². The van der Waals surface area contributed by atoms with Crippen LogP contribution in [-0.4, -0.2) is 31.0 Å². The van der Waals surface area contributed by atoms with Gasteiger partial charge in [-0.3, -0.25) is 10.1 Å². The molecule has 2 aliphatic rings. The fraction of sp³-hybridized carbons (Fsp3) is 0.917. The molecule has 0 aromatic heterocycles. The van der Waals surface area contributed by atoms with Crippen LogP contribution in [0.4, 0.5) is 8.78 Å². The van der Waals surface area contributed by atoms with E-state index in [4.69, 9.17) is 0 Å². The molecule has 6 heteroatoms. The summed E-state index contributed by atoms with van der Waals surface area (Å²) in [6.07, 6.45) is 1.87. The summed E-state index contributed by atoms with van der Waals surface area (Å²) in [5, 5.41) is 5.38. The molecule has 1 atom stereocenters. The van der Waals surface area contributed by atoms with E-state index in [1.54, 1.807) is 0 Å². The number of halogens is 3. The highest BCUT2D eigenvalue weighted by Gasteiger charge is 2.47. The highest BCUT2D eigenvalue weighted by atomic mass is 35.5. The van der Waals surface area contributed by atoms with Gasteiger partial charge in [-0.15, -0.1) is 12.4 Å². The lowest BCUT2D eigenvalue weighted by atomic mass is 9.92. The largest absolute Gasteiger partial charge is 0.354 e. The average Bonchev–Trinajstić information content (AvgIpc) is 2.95. The SMILES string of the molecule is CC(C)C1(CNC(=O)C2CC(F)(F)CN2)CC1.Cl. The maximum atomic E-state index is 12.9. The van der Waals surface area contributed by atoms with Crippen molar-refractivity contribution < 1.29 is 13.6 Å². The minimum atomic E-state index is -2.74. The monoisotopic (exact) mass is 282 g/mol. The molecule has 1 aliphatic heterocycles. The fourth-order valence-corrected chi connectivity index (χ4v) is 2.41. The van der Waals surface area contributed by atoms with E-state index in [9.17, 15) is 13.6 Å². The van der Waals surface area contributed by atoms with Crippen molar-refractivity contribution in [2.75, 3.05) is 13.1 Å². The molecule has 18 heavy (non-hydrogen) atoms. The molecule has 1 aliphatic carbocycles. The van der Waals surface area contributed by atoms with Gasteiger partial charge in [-0.05, 0) is 24.2 Å². The molecule has 0 aromatic rings. The molecule has 1 unspecified atom stereocenters. The van der Waals surface area contributed by atoms with E-state index in [0.717, 1.165) is 12.8 Å². The Balaban J connectivity index is 0.00000162. The summed E-state index contributed by atoms with van der Waals surface area (Å²) in [4.78, 5) is 11.7. The molecule has 0 aromatic carbocycles. The molecule has 2 fully saturated rings. The number of hydrogen-bond donors (Lipinski definition) is 2. The van der Waals surface area contributed by atoms with Crippen molar-refractivity contribution in [3.8, 4) is 0 Å². The average molecular weight is 283 g/mol. The minimum Gasteiger partial charge on any atom is -0.354 e. The fourth-order valence-electron chi connectivity index (χ4n) is 2.41. The van der Waals surface area contributed by atoms with Gasteiger partial charge in [0, 0.05) is 13.0 Å². The van der Waals surface area contributed by atoms with Crippen molar-refractivity contribution in [2.24, 2.45) is 11.3 Å². The Hall–Kier alpha value is -0.420. The zero-order valence-electron chi connectivity index (χ0n) is 10.8. The van der Waals surface area contributed by atoms with Crippen LogP contribution in [0.2, 0.25) is 0 Å². The van der Waals surface area contributed by atoms with Crippen LogP contribution in [0.1, 0.15) is 33.1 Å². The molecule has 0 radical (unpaired) electrons. The number of carbonyl (C=O) groups is 1. The highest BCUT2D eigenvalue weighted by Crippen LogP contribution is 2.51. The van der Waals surface area contributed by atoms with Gasteiger partial charge in [0.05, 0.1) is 12.6 Å². The number of alkyl halides is 2. The van der Waals surface area contributed by atoms with E-state index in [1.807, 2.05) is 0 Å². The molecular formula is C12H21ClF2N2O. The highest BCUT2D eigenvalue weighted by molar-refractivity contribution is 5.85. The van der Waals surface area contributed by atoms with E-state index >= 15 is 0 Å². The third-order valence-electron chi connectivity index (χ3n) is 4.16. The van der Waals surface area contributed by atoms with Gasteiger partial charge < -0.3 is 5.32 Å². The standard InChI is InChI=1S/C12H20F2N2O.ClH/c1-8(2)11(3-4-11)6-16-10(17)9-5-12(13,14)7-15-9;/h8-9,15H,3-7H2,1-2H3,(H,16,17);1H. The lowest BCUT2D eigenvalue weighted by Gasteiger charge is -2.21. The second kappa shape index (κ2) is 5.29. The maximum absolute atomic E-state index is 12.9. The Bertz CT molecular complexity index is 319. The van der Waals surface area contributed by atoms with Gasteiger partial charge in [-0.2, -0.15) is 0 Å². The first kappa shape index (κ1) is 15.6. The summed E-state index contributed by atoms with van der Waals surface area (Å²) in [5.41, 5.74) is 0.219. The Morgan fingerprint density at radius 2 is 2.06 bits per heavy atom. The van der Waals surface area contributed by atoms with Gasteiger partial charge in [0.15, 0.2) is 0 Å². The van der Waals surface area contributed by atoms with Crippen molar-refractivity contribution in [2.45, 2.75) is 45.1 Å². The molecule has 1 heterocycles. The van der Waals surface area contributed by atoms with Crippen LogP contribution in [-0.2, 0) is 4.79 Å². The zero-order valence-corrected chi connectivity index (χ0v) is 11.6. The summed E-state index contributed by atoms with van der Waals surface area (Å²) >= 11 is 0. The van der Waals surface area contributed by atoms with Gasteiger partial charge >= 0.3 is 0 Å². The van der Waals surface area contributed by atoms with Crippen molar-refractivity contribution in [1.82, 2.24) is 10.6 Å². The molecule has 2 rings (SSSR count). The number of carbonyl (C=O) groups excluding carboxylic acids is 1. The molecular weight excluding hydrogens is 262 g/mol. The Morgan fingerprint density at radius 1 is 1.44 bits per heavy atom. The molecule has 106 valence electrons. The number of amides is 1. The molecule has 0 bridgehead atoms. The summed E-state index contributed by atoms with van der Waals surface area (Å²) in [5.74, 6) is -2.49. The molecule has 2 N–H and O–H groups in total. The van der Waals surface area contributed by atoms with Gasteiger partial charge in [-0.1, -0.05) is 13.8 Å². The lowest BCUT2D eigenvalue weighted by molar-refractivity contribution is -0.123. The summed E-state index contributed by atoms with van der Waals surface area (Å²) < 4.78 is 25.9. The van der Waals surface area contributed by atoms with Gasteiger partial charge in [0.2, 0.25) is 5.91 Å². The Labute approximate surface area is 112 Å². The van der Waals surface area contributed by atoms with E-state index in [1.165, 1.54) is 0 Å². The van der Waals surface area contributed by atoms with Crippen LogP contribution in [0, 0.1) is 11.3 Å². The summed E-state index contributed by atoms with van der Waals surface area (Å²) in [7, 11) is 0. The first-order valence-electron chi connectivity index (χ1n) is 6.24. The topological polar surface area (TPSA) is 41.1 Å². The zero-order chi connectivity index (χ0) is 12.7. The van der Waals surface area contributed by atoms with Crippen molar-refractivity contribution in [1.29, 1.82) is 0 Å². The summed E-state index contributed by atoms with van der Waals surface area (Å²) in [6.45, 7) is 4.51. The van der Waals surface area contributed by atoms with Crippen LogP contribution >= 0.6 is 12.4 Å². The number of hydrogen-bond acceptors (Lipinski definition) is 2. The van der Waals surface area contributed by atoms with Crippen LogP contribution in [0.15, 0.2) is 0 Å². The van der Waals surface area contributed by atoms with E-state index < -0.39 is 12.0 Å². The molecule has 1 saturated carbocycles. The first-order valence-corrected chi connectivity index (χ1v) is 6.24. The van der Waals surface area contributed by atoms with Gasteiger partial charge in [0.25, 0.3) is 5.92 Å². The normalized spacial score (nSPS) is 27.7. The van der Waals surface area contributed by atoms with Crippen LogP contribution in [0.3, 0.4) is 0 Å². The second-order valence-electron chi connectivity index (χ2n) is 5.73. The Kier molecular flexibility index (Phi) is 4.60. The third-order valence-corrected chi connectivity index (χ3v) is 4.16. The minimum absolute atomic E-state index is 0. The summed E-state index contributed by atoms with van der Waals surface area (Å²) in [6, 6.07) is -0.729. The van der Waals surface area contributed by atoms with Crippen molar-refractivity contribution in [3.05, 3.63) is 0 Å². The predicted molar refractivity (Wildman–Crippen MR) is 68.1 cm³/mol. The molecule has 3 nitrogen and oxygen atoms in total. The number of rotatable bonds is 4. The van der Waals surface area contributed by atoms with Gasteiger partial charge in [-0.25, -0.2) is 8.78 Å². The second-order valence-corrected chi connectivity index (χ2v) is 5.73. The Morgan fingerprint density at radius 3 is 2.44 bits per heavy atom.